The zero-order chi connectivity index (χ0) is 11.5. The van der Waals surface area contributed by atoms with E-state index < -0.39 is 6.09 Å². The number of ether oxygens (including phenoxy) is 1. The lowest BCUT2D eigenvalue weighted by Gasteiger charge is -2.01. The van der Waals surface area contributed by atoms with Crippen LogP contribution < -0.4 is 11.1 Å². The molecule has 0 saturated heterocycles. The molecular weight excluding hydrogens is 282 g/mol. The summed E-state index contributed by atoms with van der Waals surface area (Å²) < 4.78 is 4.53. The highest BCUT2D eigenvalue weighted by molar-refractivity contribution is 7.20. The van der Waals surface area contributed by atoms with E-state index in [2.05, 4.69) is 15.0 Å². The Hall–Kier alpha value is -1.31. The fraction of sp³-hybridized carbons (Fsp3) is 0.111. The molecule has 0 aliphatic heterocycles. The van der Waals surface area contributed by atoms with E-state index in [4.69, 9.17) is 5.73 Å². The number of nitrogen functional groups attached to an aromatic ring is 1. The molecule has 2 aromatic rings. The Morgan fingerprint density at radius 3 is 2.94 bits per heavy atom. The van der Waals surface area contributed by atoms with Gasteiger partial charge in [0.05, 0.1) is 12.0 Å². The summed E-state index contributed by atoms with van der Waals surface area (Å²) in [4.78, 5) is 16.3. The molecule has 92 valence electrons. The summed E-state index contributed by atoms with van der Waals surface area (Å²) >= 11 is 2.75. The van der Waals surface area contributed by atoms with E-state index in [0.29, 0.717) is 15.8 Å². The van der Waals surface area contributed by atoms with Crippen LogP contribution in [0.25, 0.3) is 10.6 Å². The number of nitrogens with zero attached hydrogens (tertiary/aromatic N) is 1. The number of halogens is 1. The lowest BCUT2D eigenvalue weighted by Crippen LogP contribution is -2.10. The molecule has 0 unspecified atom stereocenters. The van der Waals surface area contributed by atoms with E-state index in [9.17, 15) is 4.79 Å². The number of nitrogens with two attached hydrogens (primary N) is 1. The van der Waals surface area contributed by atoms with Crippen LogP contribution in [-0.4, -0.2) is 18.2 Å². The molecule has 2 aromatic heterocycles. The van der Waals surface area contributed by atoms with Crippen LogP contribution >= 0.6 is 35.1 Å². The van der Waals surface area contributed by atoms with Crippen molar-refractivity contribution in [3.8, 4) is 10.6 Å². The lowest BCUT2D eigenvalue weighted by atomic mass is 10.3. The third kappa shape index (κ3) is 3.09. The number of hydrogen-bond acceptors (Lipinski definition) is 6. The molecule has 5 nitrogen and oxygen atoms in total. The zero-order valence-electron chi connectivity index (χ0n) is 8.80. The van der Waals surface area contributed by atoms with Gasteiger partial charge in [0, 0.05) is 0 Å². The maximum atomic E-state index is 11.1. The normalized spacial score (nSPS) is 9.47. The van der Waals surface area contributed by atoms with Gasteiger partial charge in [0.1, 0.15) is 10.7 Å². The monoisotopic (exact) mass is 291 g/mol. The fourth-order valence-electron chi connectivity index (χ4n) is 1.15. The van der Waals surface area contributed by atoms with Crippen LogP contribution in [0.3, 0.4) is 0 Å². The molecule has 0 saturated carbocycles. The Balaban J connectivity index is 0.00000144. The molecule has 2 heterocycles. The van der Waals surface area contributed by atoms with Crippen molar-refractivity contribution >= 4 is 51.3 Å². The highest BCUT2D eigenvalue weighted by Crippen LogP contribution is 2.36. The van der Waals surface area contributed by atoms with Gasteiger partial charge < -0.3 is 10.5 Å². The zero-order valence-corrected chi connectivity index (χ0v) is 11.2. The predicted octanol–water partition coefficient (Wildman–Crippen LogP) is 3.05. The molecule has 1 amide bonds. The summed E-state index contributed by atoms with van der Waals surface area (Å²) in [6.45, 7) is 0. The van der Waals surface area contributed by atoms with Gasteiger partial charge in [0.15, 0.2) is 5.13 Å². The number of carbonyl (C=O) groups is 1. The van der Waals surface area contributed by atoms with Gasteiger partial charge in [-0.15, -0.1) is 23.7 Å². The molecule has 0 aliphatic rings. The topological polar surface area (TPSA) is 77.2 Å². The van der Waals surface area contributed by atoms with Crippen LogP contribution in [0.1, 0.15) is 0 Å². The summed E-state index contributed by atoms with van der Waals surface area (Å²) in [6, 6.07) is 3.83. The van der Waals surface area contributed by atoms with Crippen molar-refractivity contribution < 1.29 is 9.53 Å². The molecule has 0 aliphatic carbocycles. The van der Waals surface area contributed by atoms with Gasteiger partial charge >= 0.3 is 6.09 Å². The van der Waals surface area contributed by atoms with Crippen LogP contribution in [0.15, 0.2) is 17.5 Å². The molecule has 8 heteroatoms. The standard InChI is InChI=1S/C9H9N3O2S2.ClH/c1-14-9(13)12-7-6(11-8(10)16-7)5-3-2-4-15-5;/h2-4H,1H3,(H2,10,11)(H,12,13);1H. The number of hydrogen-bond donors (Lipinski definition) is 2. The van der Waals surface area contributed by atoms with Crippen molar-refractivity contribution in [2.75, 3.05) is 18.2 Å². The van der Waals surface area contributed by atoms with Gasteiger partial charge in [-0.05, 0) is 11.4 Å². The molecule has 2 rings (SSSR count). The Kier molecular flexibility index (Phi) is 4.73. The minimum absolute atomic E-state index is 0. The highest BCUT2D eigenvalue weighted by Gasteiger charge is 2.14. The molecule has 0 radical (unpaired) electrons. The van der Waals surface area contributed by atoms with Crippen LogP contribution in [0, 0.1) is 0 Å². The van der Waals surface area contributed by atoms with E-state index in [1.165, 1.54) is 29.8 Å². The van der Waals surface area contributed by atoms with Crippen molar-refractivity contribution in [2.45, 2.75) is 0 Å². The second-order valence-corrected chi connectivity index (χ2v) is 4.80. The third-order valence-corrected chi connectivity index (χ3v) is 3.48. The summed E-state index contributed by atoms with van der Waals surface area (Å²) in [5.41, 5.74) is 6.31. The maximum absolute atomic E-state index is 11.1. The molecule has 0 bridgehead atoms. The molecule has 3 N–H and O–H groups in total. The van der Waals surface area contributed by atoms with Crippen molar-refractivity contribution in [2.24, 2.45) is 0 Å². The van der Waals surface area contributed by atoms with Crippen molar-refractivity contribution in [1.29, 1.82) is 0 Å². The van der Waals surface area contributed by atoms with Crippen molar-refractivity contribution in [1.82, 2.24) is 4.98 Å². The second kappa shape index (κ2) is 5.85. The van der Waals surface area contributed by atoms with Crippen molar-refractivity contribution in [3.63, 3.8) is 0 Å². The number of methoxy groups -OCH3 is 1. The summed E-state index contributed by atoms with van der Waals surface area (Å²) in [6.07, 6.45) is -0.526. The Morgan fingerprint density at radius 1 is 1.59 bits per heavy atom. The predicted molar refractivity (Wildman–Crippen MR) is 73.1 cm³/mol. The molecule has 0 fully saturated rings. The maximum Gasteiger partial charge on any atom is 0.412 e. The molecular formula is C9H10ClN3O2S2. The number of nitrogens with one attached hydrogen (secondary N) is 1. The number of anilines is 2. The number of thiazole rings is 1. The third-order valence-electron chi connectivity index (χ3n) is 1.80. The number of amides is 1. The minimum Gasteiger partial charge on any atom is -0.453 e. The van der Waals surface area contributed by atoms with Gasteiger partial charge in [-0.25, -0.2) is 9.78 Å². The number of thiophene rings is 1. The Bertz CT molecular complexity index is 498. The van der Waals surface area contributed by atoms with Gasteiger partial charge in [-0.2, -0.15) is 0 Å². The van der Waals surface area contributed by atoms with Crippen LogP contribution in [-0.2, 0) is 4.74 Å². The van der Waals surface area contributed by atoms with E-state index in [0.717, 1.165) is 4.88 Å². The summed E-state index contributed by atoms with van der Waals surface area (Å²) in [7, 11) is 1.31. The largest absolute Gasteiger partial charge is 0.453 e. The van der Waals surface area contributed by atoms with E-state index in [-0.39, 0.29) is 12.4 Å². The van der Waals surface area contributed by atoms with E-state index >= 15 is 0 Å². The molecule has 17 heavy (non-hydrogen) atoms. The number of aromatic nitrogens is 1. The average molecular weight is 292 g/mol. The lowest BCUT2D eigenvalue weighted by molar-refractivity contribution is 0.187. The molecule has 0 aromatic carbocycles. The fourth-order valence-corrected chi connectivity index (χ4v) is 2.66. The van der Waals surface area contributed by atoms with Crippen LogP contribution in [0.2, 0.25) is 0 Å². The van der Waals surface area contributed by atoms with Gasteiger partial charge in [-0.3, -0.25) is 5.32 Å². The number of rotatable bonds is 2. The van der Waals surface area contributed by atoms with Crippen LogP contribution in [0.4, 0.5) is 14.9 Å². The summed E-state index contributed by atoms with van der Waals surface area (Å²) in [5.74, 6) is 0. The van der Waals surface area contributed by atoms with Gasteiger partial charge in [0.25, 0.3) is 0 Å². The smallest absolute Gasteiger partial charge is 0.412 e. The Labute approximate surface area is 112 Å². The van der Waals surface area contributed by atoms with Gasteiger partial charge in [0.2, 0.25) is 0 Å². The average Bonchev–Trinajstić information content (AvgIpc) is 2.87. The van der Waals surface area contributed by atoms with Crippen LogP contribution in [0.5, 0.6) is 0 Å². The number of carbonyl (C=O) groups excluding carboxylic acids is 1. The quantitative estimate of drug-likeness (QED) is 0.891. The SMILES string of the molecule is COC(=O)Nc1sc(N)nc1-c1cccs1.Cl. The first kappa shape index (κ1) is 13.8. The minimum atomic E-state index is -0.526. The first-order valence-corrected chi connectivity index (χ1v) is 6.05. The second-order valence-electron chi connectivity index (χ2n) is 2.82. The van der Waals surface area contributed by atoms with Crippen molar-refractivity contribution in [3.05, 3.63) is 17.5 Å². The molecule has 0 spiro atoms. The van der Waals surface area contributed by atoms with Gasteiger partial charge in [-0.1, -0.05) is 17.4 Å². The van der Waals surface area contributed by atoms with E-state index in [1.54, 1.807) is 0 Å². The first-order chi connectivity index (χ1) is 7.70. The van der Waals surface area contributed by atoms with E-state index in [1.807, 2.05) is 17.5 Å². The summed E-state index contributed by atoms with van der Waals surface area (Å²) in [5, 5.41) is 5.54. The Morgan fingerprint density at radius 2 is 2.35 bits per heavy atom. The first-order valence-electron chi connectivity index (χ1n) is 4.36. The molecule has 0 atom stereocenters. The highest BCUT2D eigenvalue weighted by atomic mass is 35.5.